The van der Waals surface area contributed by atoms with E-state index in [9.17, 15) is 9.59 Å². The van der Waals surface area contributed by atoms with Crippen LogP contribution in [0.5, 0.6) is 0 Å². The molecule has 2 N–H and O–H groups in total. The molecule has 1 amide bonds. The maximum Gasteiger partial charge on any atom is 0.267 e. The first-order valence-electron chi connectivity index (χ1n) is 8.18. The lowest BCUT2D eigenvalue weighted by atomic mass is 10.1. The van der Waals surface area contributed by atoms with Crippen molar-refractivity contribution in [1.82, 2.24) is 5.48 Å². The van der Waals surface area contributed by atoms with Gasteiger partial charge < -0.3 is 4.90 Å². The molecule has 0 aliphatic carbocycles. The molecular formula is C21H21N3O3. The lowest BCUT2D eigenvalue weighted by Crippen LogP contribution is -2.14. The molecule has 0 spiro atoms. The van der Waals surface area contributed by atoms with Crippen LogP contribution >= 0.6 is 0 Å². The van der Waals surface area contributed by atoms with Gasteiger partial charge in [-0.05, 0) is 35.4 Å². The van der Waals surface area contributed by atoms with Crippen LogP contribution in [-0.4, -0.2) is 37.2 Å². The summed E-state index contributed by atoms with van der Waals surface area (Å²) in [7, 11) is 3.92. The number of benzene rings is 2. The van der Waals surface area contributed by atoms with Gasteiger partial charge in [-0.3, -0.25) is 19.8 Å². The molecule has 0 fully saturated rings. The molecule has 0 bridgehead atoms. The Morgan fingerprint density at radius 2 is 1.81 bits per heavy atom. The van der Waals surface area contributed by atoms with Crippen LogP contribution in [0.15, 0.2) is 71.9 Å². The van der Waals surface area contributed by atoms with E-state index in [1.54, 1.807) is 30.5 Å². The number of amides is 1. The zero-order valence-electron chi connectivity index (χ0n) is 15.2. The van der Waals surface area contributed by atoms with E-state index in [2.05, 4.69) is 11.6 Å². The number of allylic oxidation sites excluding steroid dienone is 1. The number of aliphatic imine (C=N–C) groups is 1. The van der Waals surface area contributed by atoms with E-state index < -0.39 is 5.91 Å². The molecule has 2 rings (SSSR count). The second kappa shape index (κ2) is 9.26. The topological polar surface area (TPSA) is 82.0 Å². The molecule has 138 valence electrons. The summed E-state index contributed by atoms with van der Waals surface area (Å²) < 4.78 is 0. The Bertz CT molecular complexity index is 897. The van der Waals surface area contributed by atoms with Crippen LogP contribution in [0, 0.1) is 0 Å². The van der Waals surface area contributed by atoms with Crippen LogP contribution < -0.4 is 10.4 Å². The van der Waals surface area contributed by atoms with Crippen molar-refractivity contribution in [3.05, 3.63) is 83.6 Å². The zero-order valence-corrected chi connectivity index (χ0v) is 15.2. The molecule has 2 aromatic rings. The number of Topliss-reactive ketones (excluding diaryl/α,β-unsaturated/α-hetero) is 1. The van der Waals surface area contributed by atoms with Crippen molar-refractivity contribution in [2.45, 2.75) is 0 Å². The number of nitrogens with zero attached hydrogens (tertiary/aromatic N) is 2. The van der Waals surface area contributed by atoms with Gasteiger partial charge in [-0.15, -0.1) is 0 Å². The number of carbonyl (C=O) groups is 2. The lowest BCUT2D eigenvalue weighted by molar-refractivity contribution is -0.124. The van der Waals surface area contributed by atoms with Gasteiger partial charge in [0, 0.05) is 37.6 Å². The summed E-state index contributed by atoms with van der Waals surface area (Å²) in [5.41, 5.74) is 4.60. The summed E-state index contributed by atoms with van der Waals surface area (Å²) in [6.07, 6.45) is 4.24. The number of anilines is 1. The van der Waals surface area contributed by atoms with Gasteiger partial charge in [0.1, 0.15) is 5.70 Å². The molecule has 0 aliphatic rings. The van der Waals surface area contributed by atoms with Crippen molar-refractivity contribution >= 4 is 29.7 Å². The van der Waals surface area contributed by atoms with Gasteiger partial charge in [-0.25, -0.2) is 5.48 Å². The quantitative estimate of drug-likeness (QED) is 0.260. The van der Waals surface area contributed by atoms with E-state index in [1.165, 1.54) is 11.6 Å². The predicted octanol–water partition coefficient (Wildman–Crippen LogP) is 3.09. The van der Waals surface area contributed by atoms with E-state index in [0.29, 0.717) is 11.1 Å². The van der Waals surface area contributed by atoms with Crippen molar-refractivity contribution in [3.8, 4) is 0 Å². The maximum atomic E-state index is 12.5. The first-order chi connectivity index (χ1) is 12.9. The fourth-order valence-electron chi connectivity index (χ4n) is 2.23. The predicted molar refractivity (Wildman–Crippen MR) is 107 cm³/mol. The third-order valence-corrected chi connectivity index (χ3v) is 3.73. The van der Waals surface area contributed by atoms with Crippen molar-refractivity contribution in [2.24, 2.45) is 4.99 Å². The minimum atomic E-state index is -0.652. The minimum Gasteiger partial charge on any atom is -0.378 e. The molecule has 0 aliphatic heterocycles. The first kappa shape index (κ1) is 19.8. The van der Waals surface area contributed by atoms with Gasteiger partial charge in [0.25, 0.3) is 5.91 Å². The van der Waals surface area contributed by atoms with Crippen molar-refractivity contribution < 1.29 is 14.8 Å². The molecule has 0 aromatic heterocycles. The summed E-state index contributed by atoms with van der Waals surface area (Å²) in [6, 6.07) is 14.4. The van der Waals surface area contributed by atoms with Gasteiger partial charge in [0.05, 0.1) is 0 Å². The van der Waals surface area contributed by atoms with E-state index in [4.69, 9.17) is 5.21 Å². The second-order valence-corrected chi connectivity index (χ2v) is 5.95. The van der Waals surface area contributed by atoms with Crippen LogP contribution in [0.25, 0.3) is 6.08 Å². The van der Waals surface area contributed by atoms with Crippen LogP contribution in [0.1, 0.15) is 21.5 Å². The van der Waals surface area contributed by atoms with Gasteiger partial charge >= 0.3 is 0 Å². The molecule has 6 nitrogen and oxygen atoms in total. The van der Waals surface area contributed by atoms with E-state index in [0.717, 1.165) is 17.3 Å². The second-order valence-electron chi connectivity index (χ2n) is 5.95. The Kier molecular flexibility index (Phi) is 6.79. The van der Waals surface area contributed by atoms with Crippen LogP contribution in [0.3, 0.4) is 0 Å². The molecule has 2 aromatic carbocycles. The standard InChI is InChI=1S/C21H21N3O3/c1-15(22-14-17-7-10-19(11-8-17)24(2)3)21(26)18-6-4-5-16(13-18)9-12-20(25)23-27/h4-14,27H,1H2,2-3H3,(H,23,25). The highest BCUT2D eigenvalue weighted by atomic mass is 16.5. The van der Waals surface area contributed by atoms with E-state index in [-0.39, 0.29) is 11.5 Å². The molecule has 0 radical (unpaired) electrons. The summed E-state index contributed by atoms with van der Waals surface area (Å²) in [5, 5.41) is 8.49. The van der Waals surface area contributed by atoms with E-state index >= 15 is 0 Å². The Labute approximate surface area is 158 Å². The Balaban J connectivity index is 2.09. The van der Waals surface area contributed by atoms with E-state index in [1.807, 2.05) is 43.3 Å². The molecule has 27 heavy (non-hydrogen) atoms. The molecule has 0 saturated heterocycles. The van der Waals surface area contributed by atoms with Crippen LogP contribution in [0.2, 0.25) is 0 Å². The first-order valence-corrected chi connectivity index (χ1v) is 8.18. The molecule has 0 unspecified atom stereocenters. The van der Waals surface area contributed by atoms with Gasteiger partial charge in [-0.2, -0.15) is 0 Å². The van der Waals surface area contributed by atoms with Gasteiger partial charge in [0.2, 0.25) is 5.78 Å². The highest BCUT2D eigenvalue weighted by Crippen LogP contribution is 2.14. The Morgan fingerprint density at radius 3 is 2.44 bits per heavy atom. The number of carbonyl (C=O) groups excluding carboxylic acids is 2. The highest BCUT2D eigenvalue weighted by Gasteiger charge is 2.09. The van der Waals surface area contributed by atoms with Crippen LogP contribution in [0.4, 0.5) is 5.69 Å². The highest BCUT2D eigenvalue weighted by molar-refractivity contribution is 6.09. The normalized spacial score (nSPS) is 10.9. The number of hydrogen-bond acceptors (Lipinski definition) is 5. The third-order valence-electron chi connectivity index (χ3n) is 3.73. The van der Waals surface area contributed by atoms with Crippen molar-refractivity contribution in [1.29, 1.82) is 0 Å². The maximum absolute atomic E-state index is 12.5. The third kappa shape index (κ3) is 5.76. The Morgan fingerprint density at radius 1 is 1.11 bits per heavy atom. The number of ketones is 1. The van der Waals surface area contributed by atoms with Crippen LogP contribution in [-0.2, 0) is 4.79 Å². The number of hydroxylamine groups is 1. The molecule has 6 heteroatoms. The SMILES string of the molecule is C=C(N=Cc1ccc(N(C)C)cc1)C(=O)c1cccc(C=CC(=O)NO)c1. The molecule has 0 heterocycles. The summed E-state index contributed by atoms with van der Waals surface area (Å²) in [5.74, 6) is -0.959. The minimum absolute atomic E-state index is 0.112. The summed E-state index contributed by atoms with van der Waals surface area (Å²) in [4.78, 5) is 29.7. The summed E-state index contributed by atoms with van der Waals surface area (Å²) in [6.45, 7) is 3.74. The molecule has 0 atom stereocenters. The monoisotopic (exact) mass is 363 g/mol. The zero-order chi connectivity index (χ0) is 19.8. The van der Waals surface area contributed by atoms with Gasteiger partial charge in [-0.1, -0.05) is 36.9 Å². The average Bonchev–Trinajstić information content (AvgIpc) is 2.70. The Hall–Kier alpha value is -3.51. The average molecular weight is 363 g/mol. The molecule has 0 saturated carbocycles. The number of hydrogen-bond donors (Lipinski definition) is 2. The fourth-order valence-corrected chi connectivity index (χ4v) is 2.23. The number of rotatable bonds is 7. The smallest absolute Gasteiger partial charge is 0.267 e. The fraction of sp³-hybridized carbons (Fsp3) is 0.0952. The van der Waals surface area contributed by atoms with Crippen molar-refractivity contribution in [2.75, 3.05) is 19.0 Å². The summed E-state index contributed by atoms with van der Waals surface area (Å²) >= 11 is 0. The number of nitrogens with one attached hydrogen (secondary N) is 1. The largest absolute Gasteiger partial charge is 0.378 e. The van der Waals surface area contributed by atoms with Gasteiger partial charge in [0.15, 0.2) is 0 Å². The lowest BCUT2D eigenvalue weighted by Gasteiger charge is -2.11. The molecular weight excluding hydrogens is 342 g/mol. The van der Waals surface area contributed by atoms with Crippen molar-refractivity contribution in [3.63, 3.8) is 0 Å².